The zero-order valence-electron chi connectivity index (χ0n) is 13.6. The van der Waals surface area contributed by atoms with E-state index in [2.05, 4.69) is 15.3 Å². The fourth-order valence-corrected chi connectivity index (χ4v) is 3.82. The first kappa shape index (κ1) is 18.7. The number of thiophene rings is 1. The number of nitrogens with zero attached hydrogens (tertiary/aromatic N) is 2. The molecule has 3 rings (SSSR count). The lowest BCUT2D eigenvalue weighted by molar-refractivity contribution is -0.145. The van der Waals surface area contributed by atoms with E-state index < -0.39 is 17.3 Å². The van der Waals surface area contributed by atoms with Crippen molar-refractivity contribution in [1.29, 1.82) is 0 Å². The smallest absolute Gasteiger partial charge is 0.350 e. The van der Waals surface area contributed by atoms with Crippen LogP contribution in [0.3, 0.4) is 0 Å². The Morgan fingerprint density at radius 3 is 2.69 bits per heavy atom. The molecule has 0 fully saturated rings. The molecule has 1 unspecified atom stereocenters. The van der Waals surface area contributed by atoms with Crippen LogP contribution in [0.4, 0.5) is 13.2 Å². The number of amides is 1. The second-order valence-electron chi connectivity index (χ2n) is 5.42. The summed E-state index contributed by atoms with van der Waals surface area (Å²) in [5, 5.41) is 4.72. The van der Waals surface area contributed by atoms with Crippen molar-refractivity contribution in [2.24, 2.45) is 0 Å². The molecule has 2 aromatic heterocycles. The number of hydrogen-bond acceptors (Lipinski definition) is 5. The van der Waals surface area contributed by atoms with E-state index in [-0.39, 0.29) is 16.4 Å². The van der Waals surface area contributed by atoms with Crippen LogP contribution in [-0.4, -0.2) is 21.1 Å². The molecule has 0 aliphatic heterocycles. The number of alkyl halides is 3. The molecule has 3 aromatic rings. The molecule has 2 heterocycles. The molecule has 1 aromatic carbocycles. The van der Waals surface area contributed by atoms with Crippen molar-refractivity contribution >= 4 is 39.9 Å². The van der Waals surface area contributed by atoms with Crippen molar-refractivity contribution in [3.05, 3.63) is 52.5 Å². The van der Waals surface area contributed by atoms with Crippen LogP contribution >= 0.6 is 23.1 Å². The number of para-hydroxylation sites is 1. The van der Waals surface area contributed by atoms with E-state index in [9.17, 15) is 18.0 Å². The van der Waals surface area contributed by atoms with Crippen molar-refractivity contribution in [3.8, 4) is 0 Å². The molecule has 4 nitrogen and oxygen atoms in total. The summed E-state index contributed by atoms with van der Waals surface area (Å²) in [4.78, 5) is 20.5. The average molecular weight is 397 g/mol. The van der Waals surface area contributed by atoms with Gasteiger partial charge in [-0.3, -0.25) is 4.79 Å². The molecule has 0 saturated heterocycles. The third-order valence-electron chi connectivity index (χ3n) is 3.50. The van der Waals surface area contributed by atoms with Gasteiger partial charge in [0.15, 0.2) is 0 Å². The second kappa shape index (κ2) is 7.63. The third-order valence-corrected chi connectivity index (χ3v) is 5.47. The Hall–Kier alpha value is -2.13. The van der Waals surface area contributed by atoms with Crippen LogP contribution in [0.5, 0.6) is 0 Å². The van der Waals surface area contributed by atoms with Gasteiger partial charge in [0, 0.05) is 10.3 Å². The molecular formula is C17H14F3N3OS2. The van der Waals surface area contributed by atoms with Gasteiger partial charge < -0.3 is 5.32 Å². The van der Waals surface area contributed by atoms with Crippen LogP contribution in [0.2, 0.25) is 0 Å². The Kier molecular flexibility index (Phi) is 5.47. The van der Waals surface area contributed by atoms with E-state index in [0.29, 0.717) is 11.9 Å². The minimum atomic E-state index is -4.65. The summed E-state index contributed by atoms with van der Waals surface area (Å²) in [6.07, 6.45) is -4.65. The molecule has 9 heteroatoms. The van der Waals surface area contributed by atoms with Crippen LogP contribution in [-0.2, 0) is 17.5 Å². The zero-order chi connectivity index (χ0) is 18.7. The number of thioether (sulfide) groups is 1. The highest BCUT2D eigenvalue weighted by atomic mass is 32.2. The third kappa shape index (κ3) is 4.34. The van der Waals surface area contributed by atoms with E-state index in [1.807, 2.05) is 17.5 Å². The Morgan fingerprint density at radius 1 is 1.23 bits per heavy atom. The van der Waals surface area contributed by atoms with Crippen molar-refractivity contribution in [2.75, 3.05) is 0 Å². The maximum atomic E-state index is 13.1. The zero-order valence-corrected chi connectivity index (χ0v) is 15.2. The Bertz CT molecular complexity index is 913. The first-order chi connectivity index (χ1) is 12.3. The number of aromatic nitrogens is 2. The molecule has 0 spiro atoms. The highest BCUT2D eigenvalue weighted by Crippen LogP contribution is 2.33. The summed E-state index contributed by atoms with van der Waals surface area (Å²) < 4.78 is 39.2. The Labute approximate surface area is 155 Å². The normalized spacial score (nSPS) is 12.9. The molecule has 0 aliphatic rings. The van der Waals surface area contributed by atoms with Crippen molar-refractivity contribution < 1.29 is 18.0 Å². The maximum Gasteiger partial charge on any atom is 0.451 e. The number of hydrogen-bond donors (Lipinski definition) is 1. The number of fused-ring (bicyclic) bond motifs is 1. The van der Waals surface area contributed by atoms with Crippen LogP contribution in [0.1, 0.15) is 17.6 Å². The molecule has 1 atom stereocenters. The van der Waals surface area contributed by atoms with Gasteiger partial charge in [-0.25, -0.2) is 9.97 Å². The first-order valence-electron chi connectivity index (χ1n) is 7.65. The summed E-state index contributed by atoms with van der Waals surface area (Å²) >= 11 is 2.51. The van der Waals surface area contributed by atoms with Gasteiger partial charge in [0.05, 0.1) is 17.3 Å². The van der Waals surface area contributed by atoms with Gasteiger partial charge in [0.2, 0.25) is 11.7 Å². The van der Waals surface area contributed by atoms with Crippen molar-refractivity contribution in [3.63, 3.8) is 0 Å². The molecule has 0 aliphatic carbocycles. The number of rotatable bonds is 5. The maximum absolute atomic E-state index is 13.1. The summed E-state index contributed by atoms with van der Waals surface area (Å²) in [7, 11) is 0. The van der Waals surface area contributed by atoms with E-state index in [1.54, 1.807) is 25.1 Å². The molecule has 0 bridgehead atoms. The molecule has 0 saturated carbocycles. The fraction of sp³-hybridized carbons (Fsp3) is 0.235. The predicted octanol–water partition coefficient (Wildman–Crippen LogP) is 4.51. The summed E-state index contributed by atoms with van der Waals surface area (Å²) in [5.41, 5.74) is 0.198. The number of halogens is 3. The van der Waals surface area contributed by atoms with E-state index in [1.165, 1.54) is 17.4 Å². The van der Waals surface area contributed by atoms with Gasteiger partial charge in [-0.2, -0.15) is 13.2 Å². The predicted molar refractivity (Wildman–Crippen MR) is 96.0 cm³/mol. The monoisotopic (exact) mass is 397 g/mol. The number of carbonyl (C=O) groups is 1. The molecule has 1 N–H and O–H groups in total. The SMILES string of the molecule is CC(Sc1nc(C(F)(F)F)nc2ccccc12)C(=O)NCc1cccs1. The van der Waals surface area contributed by atoms with Gasteiger partial charge in [0.25, 0.3) is 0 Å². The molecule has 0 radical (unpaired) electrons. The lowest BCUT2D eigenvalue weighted by atomic mass is 10.2. The lowest BCUT2D eigenvalue weighted by Crippen LogP contribution is -2.30. The summed E-state index contributed by atoms with van der Waals surface area (Å²) in [6, 6.07) is 10.2. The quantitative estimate of drug-likeness (QED) is 0.509. The van der Waals surface area contributed by atoms with Gasteiger partial charge in [-0.15, -0.1) is 11.3 Å². The Morgan fingerprint density at radius 2 is 2.00 bits per heavy atom. The minimum Gasteiger partial charge on any atom is -0.350 e. The topological polar surface area (TPSA) is 54.9 Å². The highest BCUT2D eigenvalue weighted by Gasteiger charge is 2.35. The summed E-state index contributed by atoms with van der Waals surface area (Å²) in [6.45, 7) is 2.03. The highest BCUT2D eigenvalue weighted by molar-refractivity contribution is 8.00. The fourth-order valence-electron chi connectivity index (χ4n) is 2.22. The van der Waals surface area contributed by atoms with Gasteiger partial charge in [0.1, 0.15) is 5.03 Å². The largest absolute Gasteiger partial charge is 0.451 e. The van der Waals surface area contributed by atoms with Crippen LogP contribution in [0.15, 0.2) is 46.8 Å². The van der Waals surface area contributed by atoms with E-state index >= 15 is 0 Å². The molecular weight excluding hydrogens is 383 g/mol. The Balaban J connectivity index is 1.81. The van der Waals surface area contributed by atoms with Crippen molar-refractivity contribution in [1.82, 2.24) is 15.3 Å². The van der Waals surface area contributed by atoms with Crippen LogP contribution in [0, 0.1) is 0 Å². The summed E-state index contributed by atoms with van der Waals surface area (Å²) in [5.74, 6) is -1.47. The second-order valence-corrected chi connectivity index (χ2v) is 7.79. The van der Waals surface area contributed by atoms with Crippen LogP contribution < -0.4 is 5.32 Å². The molecule has 136 valence electrons. The lowest BCUT2D eigenvalue weighted by Gasteiger charge is -2.14. The van der Waals surface area contributed by atoms with E-state index in [4.69, 9.17) is 0 Å². The first-order valence-corrected chi connectivity index (χ1v) is 9.41. The number of nitrogens with one attached hydrogen (secondary N) is 1. The minimum absolute atomic E-state index is 0.140. The number of carbonyl (C=O) groups excluding carboxylic acids is 1. The molecule has 26 heavy (non-hydrogen) atoms. The van der Waals surface area contributed by atoms with Crippen LogP contribution in [0.25, 0.3) is 10.9 Å². The standard InChI is InChI=1S/C17H14F3N3OS2/c1-10(14(24)21-9-11-5-4-8-25-11)26-15-12-6-2-3-7-13(12)22-16(23-15)17(18,19)20/h2-8,10H,9H2,1H3,(H,21,24). The van der Waals surface area contributed by atoms with Gasteiger partial charge in [-0.05, 0) is 24.4 Å². The van der Waals surface area contributed by atoms with E-state index in [0.717, 1.165) is 16.6 Å². The van der Waals surface area contributed by atoms with Crippen molar-refractivity contribution in [2.45, 2.75) is 29.9 Å². The average Bonchev–Trinajstić information content (AvgIpc) is 3.12. The van der Waals surface area contributed by atoms with Gasteiger partial charge in [-0.1, -0.05) is 36.0 Å². The van der Waals surface area contributed by atoms with Gasteiger partial charge >= 0.3 is 6.18 Å². The number of benzene rings is 1. The molecule has 1 amide bonds.